The van der Waals surface area contributed by atoms with Crippen molar-refractivity contribution in [3.63, 3.8) is 0 Å². The van der Waals surface area contributed by atoms with Crippen LogP contribution in [0, 0.1) is 18.3 Å². The molecule has 0 saturated carbocycles. The summed E-state index contributed by atoms with van der Waals surface area (Å²) < 4.78 is 7.66. The van der Waals surface area contributed by atoms with Crippen molar-refractivity contribution >= 4 is 11.8 Å². The van der Waals surface area contributed by atoms with Crippen molar-refractivity contribution < 1.29 is 14.3 Å². The number of hydrogen-bond donors (Lipinski definition) is 0. The SMILES string of the molecule is COC[C@@]12CN(C(C)=O)CC[C@@H]1CN(C(=O)c1cc(-c3ccccc3)n(C)c1C)C2. The first-order valence-corrected chi connectivity index (χ1v) is 10.6. The number of carbonyl (C=O) groups excluding carboxylic acids is 2. The minimum Gasteiger partial charge on any atom is -0.384 e. The van der Waals surface area contributed by atoms with Gasteiger partial charge < -0.3 is 19.1 Å². The molecule has 1 aromatic carbocycles. The molecule has 3 heterocycles. The molecule has 0 aliphatic carbocycles. The van der Waals surface area contributed by atoms with E-state index < -0.39 is 0 Å². The summed E-state index contributed by atoms with van der Waals surface area (Å²) in [5.74, 6) is 0.527. The van der Waals surface area contributed by atoms with Gasteiger partial charge in [-0.15, -0.1) is 0 Å². The number of amides is 2. The van der Waals surface area contributed by atoms with Crippen LogP contribution in [0.3, 0.4) is 0 Å². The first kappa shape index (κ1) is 20.7. The van der Waals surface area contributed by atoms with Gasteiger partial charge in [-0.25, -0.2) is 0 Å². The van der Waals surface area contributed by atoms with Crippen LogP contribution in [0.15, 0.2) is 36.4 Å². The number of aromatic nitrogens is 1. The number of nitrogens with zero attached hydrogens (tertiary/aromatic N) is 3. The normalized spacial score (nSPS) is 23.5. The lowest BCUT2D eigenvalue weighted by molar-refractivity contribution is -0.134. The Balaban J connectivity index is 1.61. The molecule has 0 radical (unpaired) electrons. The van der Waals surface area contributed by atoms with Crippen molar-refractivity contribution in [2.24, 2.45) is 18.4 Å². The topological polar surface area (TPSA) is 54.8 Å². The highest BCUT2D eigenvalue weighted by Crippen LogP contribution is 2.43. The quantitative estimate of drug-likeness (QED) is 0.780. The number of piperidine rings is 1. The third kappa shape index (κ3) is 3.43. The highest BCUT2D eigenvalue weighted by molar-refractivity contribution is 5.97. The van der Waals surface area contributed by atoms with E-state index in [4.69, 9.17) is 4.74 Å². The molecule has 2 aromatic rings. The Bertz CT molecular complexity index is 952. The van der Waals surface area contributed by atoms with E-state index in [0.717, 1.165) is 42.0 Å². The molecule has 160 valence electrons. The summed E-state index contributed by atoms with van der Waals surface area (Å²) in [5, 5.41) is 0. The van der Waals surface area contributed by atoms with Crippen molar-refractivity contribution in [3.8, 4) is 11.3 Å². The largest absolute Gasteiger partial charge is 0.384 e. The van der Waals surface area contributed by atoms with Crippen molar-refractivity contribution in [2.75, 3.05) is 39.9 Å². The number of likely N-dealkylation sites (tertiary alicyclic amines) is 2. The van der Waals surface area contributed by atoms with E-state index in [1.807, 2.05) is 48.0 Å². The number of ether oxygens (including phenoxy) is 1. The van der Waals surface area contributed by atoms with E-state index in [-0.39, 0.29) is 17.2 Å². The lowest BCUT2D eigenvalue weighted by atomic mass is 9.74. The zero-order chi connectivity index (χ0) is 21.5. The standard InChI is InChI=1S/C24H31N3O3/c1-17-21(12-22(25(17)3)19-8-6-5-7-9-19)23(29)27-13-20-10-11-26(18(2)28)14-24(20,15-27)16-30-4/h5-9,12,20H,10-11,13-16H2,1-4H3/t20-,24+/m1/s1. The van der Waals surface area contributed by atoms with Crippen molar-refractivity contribution in [3.05, 3.63) is 47.7 Å². The fourth-order valence-electron chi connectivity index (χ4n) is 5.27. The molecular weight excluding hydrogens is 378 g/mol. The second kappa shape index (κ2) is 7.91. The highest BCUT2D eigenvalue weighted by atomic mass is 16.5. The van der Waals surface area contributed by atoms with Crippen molar-refractivity contribution in [1.29, 1.82) is 0 Å². The average molecular weight is 410 g/mol. The van der Waals surface area contributed by atoms with Crippen molar-refractivity contribution in [2.45, 2.75) is 20.3 Å². The number of carbonyl (C=O) groups is 2. The molecule has 0 unspecified atom stereocenters. The molecule has 2 aliphatic heterocycles. The number of fused-ring (bicyclic) bond motifs is 1. The van der Waals surface area contributed by atoms with Crippen LogP contribution in [-0.4, -0.2) is 66.1 Å². The van der Waals surface area contributed by atoms with Gasteiger partial charge in [-0.05, 0) is 30.9 Å². The van der Waals surface area contributed by atoms with Crippen LogP contribution >= 0.6 is 0 Å². The maximum absolute atomic E-state index is 13.6. The maximum Gasteiger partial charge on any atom is 0.255 e. The zero-order valence-electron chi connectivity index (χ0n) is 18.4. The third-order valence-corrected chi connectivity index (χ3v) is 7.07. The van der Waals surface area contributed by atoms with E-state index in [2.05, 4.69) is 16.7 Å². The van der Waals surface area contributed by atoms with Gasteiger partial charge in [-0.3, -0.25) is 9.59 Å². The minimum absolute atomic E-state index is 0.0736. The molecule has 0 bridgehead atoms. The molecule has 30 heavy (non-hydrogen) atoms. The minimum atomic E-state index is -0.181. The maximum atomic E-state index is 13.6. The van der Waals surface area contributed by atoms with Crippen LogP contribution in [0.2, 0.25) is 0 Å². The van der Waals surface area contributed by atoms with Gasteiger partial charge >= 0.3 is 0 Å². The second-order valence-corrected chi connectivity index (χ2v) is 8.86. The number of rotatable bonds is 4. The molecule has 2 aliphatic rings. The number of hydrogen-bond acceptors (Lipinski definition) is 3. The van der Waals surface area contributed by atoms with Crippen LogP contribution in [0.4, 0.5) is 0 Å². The summed E-state index contributed by atoms with van der Waals surface area (Å²) in [5.41, 5.74) is 3.69. The predicted molar refractivity (Wildman–Crippen MR) is 116 cm³/mol. The van der Waals surface area contributed by atoms with E-state index >= 15 is 0 Å². The summed E-state index contributed by atoms with van der Waals surface area (Å²) in [7, 11) is 3.71. The molecule has 2 atom stereocenters. The predicted octanol–water partition coefficient (Wildman–Crippen LogP) is 2.96. The van der Waals surface area contributed by atoms with Gasteiger partial charge in [0.2, 0.25) is 5.91 Å². The van der Waals surface area contributed by atoms with E-state index in [9.17, 15) is 9.59 Å². The Morgan fingerprint density at radius 2 is 1.87 bits per heavy atom. The van der Waals surface area contributed by atoms with Gasteiger partial charge in [0.05, 0.1) is 12.2 Å². The van der Waals surface area contributed by atoms with Gasteiger partial charge in [-0.1, -0.05) is 30.3 Å². The summed E-state index contributed by atoms with van der Waals surface area (Å²) in [6.07, 6.45) is 0.912. The molecule has 0 N–H and O–H groups in total. The molecule has 2 amide bonds. The Hall–Kier alpha value is -2.60. The first-order valence-electron chi connectivity index (χ1n) is 10.6. The zero-order valence-corrected chi connectivity index (χ0v) is 18.4. The molecule has 2 saturated heterocycles. The van der Waals surface area contributed by atoms with Gasteiger partial charge in [0, 0.05) is 64.1 Å². The second-order valence-electron chi connectivity index (χ2n) is 8.86. The Kier molecular flexibility index (Phi) is 5.45. The monoisotopic (exact) mass is 409 g/mol. The molecule has 1 aromatic heterocycles. The summed E-state index contributed by atoms with van der Waals surface area (Å²) in [6.45, 7) is 6.96. The van der Waals surface area contributed by atoms with Gasteiger partial charge in [0.1, 0.15) is 0 Å². The fraction of sp³-hybridized carbons (Fsp3) is 0.500. The molecule has 0 spiro atoms. The molecule has 4 rings (SSSR count). The average Bonchev–Trinajstić information content (AvgIpc) is 3.26. The molecule has 6 heteroatoms. The van der Waals surface area contributed by atoms with Crippen molar-refractivity contribution in [1.82, 2.24) is 14.4 Å². The lowest BCUT2D eigenvalue weighted by Gasteiger charge is -2.43. The Labute approximate surface area is 178 Å². The van der Waals surface area contributed by atoms with Gasteiger partial charge in [0.25, 0.3) is 5.91 Å². The fourth-order valence-corrected chi connectivity index (χ4v) is 5.27. The number of methoxy groups -OCH3 is 1. The van der Waals surface area contributed by atoms with Crippen LogP contribution < -0.4 is 0 Å². The van der Waals surface area contributed by atoms with Gasteiger partial charge in [0.15, 0.2) is 0 Å². The van der Waals surface area contributed by atoms with Crippen LogP contribution in [0.25, 0.3) is 11.3 Å². The summed E-state index contributed by atoms with van der Waals surface area (Å²) in [6, 6.07) is 12.2. The smallest absolute Gasteiger partial charge is 0.255 e. The molecule has 6 nitrogen and oxygen atoms in total. The van der Waals surface area contributed by atoms with E-state index in [0.29, 0.717) is 25.6 Å². The summed E-state index contributed by atoms with van der Waals surface area (Å²) in [4.78, 5) is 29.4. The van der Waals surface area contributed by atoms with Crippen LogP contribution in [-0.2, 0) is 16.6 Å². The molecule has 2 fully saturated rings. The Morgan fingerprint density at radius 1 is 1.17 bits per heavy atom. The summed E-state index contributed by atoms with van der Waals surface area (Å²) >= 11 is 0. The lowest BCUT2D eigenvalue weighted by Crippen LogP contribution is -2.52. The van der Waals surface area contributed by atoms with Crippen LogP contribution in [0.5, 0.6) is 0 Å². The van der Waals surface area contributed by atoms with Crippen LogP contribution in [0.1, 0.15) is 29.4 Å². The third-order valence-electron chi connectivity index (χ3n) is 7.07. The van der Waals surface area contributed by atoms with E-state index in [1.54, 1.807) is 14.0 Å². The van der Waals surface area contributed by atoms with E-state index in [1.165, 1.54) is 0 Å². The van der Waals surface area contributed by atoms with Gasteiger partial charge in [-0.2, -0.15) is 0 Å². The highest BCUT2D eigenvalue weighted by Gasteiger charge is 2.51. The number of benzene rings is 1. The Morgan fingerprint density at radius 3 is 2.53 bits per heavy atom. The molecular formula is C24H31N3O3. The first-order chi connectivity index (χ1) is 14.4.